The minimum atomic E-state index is -0.946. The van der Waals surface area contributed by atoms with Crippen molar-refractivity contribution in [2.24, 2.45) is 0 Å². The third kappa shape index (κ3) is 3.37. The Morgan fingerprint density at radius 1 is 1.26 bits per heavy atom. The topological polar surface area (TPSA) is 76.1 Å². The minimum Gasteiger partial charge on any atom is -0.486 e. The first-order valence-corrected chi connectivity index (χ1v) is 8.04. The first kappa shape index (κ1) is 15.9. The van der Waals surface area contributed by atoms with Crippen molar-refractivity contribution in [3.05, 3.63) is 22.7 Å². The number of piperidine rings is 1. The standard InChI is InChI=1S/C16H18ClNO5/c17-11-7-10(8-13-15(11)23-6-5-22-13)9-14(19)18-4-2-1-3-12(18)16(20)21/h7-8,12H,1-6,9H2,(H,20,21). The van der Waals surface area contributed by atoms with Gasteiger partial charge in [-0.15, -0.1) is 0 Å². The number of rotatable bonds is 3. The van der Waals surface area contributed by atoms with Gasteiger partial charge in [-0.2, -0.15) is 0 Å². The smallest absolute Gasteiger partial charge is 0.326 e. The molecule has 124 valence electrons. The van der Waals surface area contributed by atoms with Crippen LogP contribution in [0.2, 0.25) is 5.02 Å². The van der Waals surface area contributed by atoms with E-state index >= 15 is 0 Å². The van der Waals surface area contributed by atoms with Gasteiger partial charge in [0, 0.05) is 6.54 Å². The van der Waals surface area contributed by atoms with Crippen LogP contribution >= 0.6 is 11.6 Å². The lowest BCUT2D eigenvalue weighted by atomic mass is 10.0. The molecule has 1 aromatic carbocycles. The summed E-state index contributed by atoms with van der Waals surface area (Å²) in [5.41, 5.74) is 0.693. The van der Waals surface area contributed by atoms with Gasteiger partial charge in [-0.25, -0.2) is 4.79 Å². The second kappa shape index (κ2) is 6.66. The van der Waals surface area contributed by atoms with E-state index in [9.17, 15) is 14.7 Å². The first-order chi connectivity index (χ1) is 11.1. The maximum absolute atomic E-state index is 12.5. The van der Waals surface area contributed by atoms with E-state index in [1.165, 1.54) is 4.90 Å². The molecule has 0 bridgehead atoms. The SMILES string of the molecule is O=C(O)C1CCCCN1C(=O)Cc1cc(Cl)c2c(c1)OCCO2. The number of carbonyl (C=O) groups excluding carboxylic acids is 1. The number of amides is 1. The van der Waals surface area contributed by atoms with Crippen molar-refractivity contribution >= 4 is 23.5 Å². The zero-order valence-corrected chi connectivity index (χ0v) is 13.3. The Labute approximate surface area is 138 Å². The van der Waals surface area contributed by atoms with Gasteiger partial charge in [0.25, 0.3) is 0 Å². The highest BCUT2D eigenvalue weighted by Gasteiger charge is 2.32. The molecule has 1 aromatic rings. The van der Waals surface area contributed by atoms with E-state index < -0.39 is 12.0 Å². The maximum Gasteiger partial charge on any atom is 0.326 e. The van der Waals surface area contributed by atoms with Crippen LogP contribution in [0.4, 0.5) is 0 Å². The summed E-state index contributed by atoms with van der Waals surface area (Å²) in [5, 5.41) is 9.68. The van der Waals surface area contributed by atoms with Crippen LogP contribution < -0.4 is 9.47 Å². The number of fused-ring (bicyclic) bond motifs is 1. The maximum atomic E-state index is 12.5. The molecule has 0 aliphatic carbocycles. The Bertz CT molecular complexity index is 633. The number of carboxylic acids is 1. The molecule has 0 aromatic heterocycles. The van der Waals surface area contributed by atoms with Crippen LogP contribution in [0, 0.1) is 0 Å². The normalized spacial score (nSPS) is 20.2. The van der Waals surface area contributed by atoms with Crippen molar-refractivity contribution in [1.82, 2.24) is 4.90 Å². The lowest BCUT2D eigenvalue weighted by Crippen LogP contribution is -2.48. The van der Waals surface area contributed by atoms with Crippen molar-refractivity contribution in [1.29, 1.82) is 0 Å². The summed E-state index contributed by atoms with van der Waals surface area (Å²) >= 11 is 6.17. The molecule has 1 fully saturated rings. The van der Waals surface area contributed by atoms with Crippen LogP contribution in [0.15, 0.2) is 12.1 Å². The molecule has 1 N–H and O–H groups in total. The number of carbonyl (C=O) groups is 2. The zero-order chi connectivity index (χ0) is 16.4. The highest BCUT2D eigenvalue weighted by molar-refractivity contribution is 6.32. The molecular weight excluding hydrogens is 322 g/mol. The molecule has 3 rings (SSSR count). The van der Waals surface area contributed by atoms with Gasteiger partial charge < -0.3 is 19.5 Å². The van der Waals surface area contributed by atoms with Crippen molar-refractivity contribution in [2.45, 2.75) is 31.7 Å². The van der Waals surface area contributed by atoms with E-state index in [0.717, 1.165) is 12.8 Å². The summed E-state index contributed by atoms with van der Waals surface area (Å²) in [4.78, 5) is 25.3. The average Bonchev–Trinajstić information content (AvgIpc) is 2.55. The molecule has 0 spiro atoms. The third-order valence-corrected chi connectivity index (χ3v) is 4.40. The fourth-order valence-electron chi connectivity index (χ4n) is 3.03. The predicted octanol–water partition coefficient (Wildman–Crippen LogP) is 2.12. The molecule has 1 atom stereocenters. The second-order valence-electron chi connectivity index (χ2n) is 5.72. The van der Waals surface area contributed by atoms with Crippen molar-refractivity contribution in [3.8, 4) is 11.5 Å². The summed E-state index contributed by atoms with van der Waals surface area (Å²) in [5.74, 6) is -0.126. The molecule has 0 saturated carbocycles. The number of benzene rings is 1. The van der Waals surface area contributed by atoms with E-state index in [1.807, 2.05) is 0 Å². The second-order valence-corrected chi connectivity index (χ2v) is 6.12. The van der Waals surface area contributed by atoms with Gasteiger partial charge in [0.2, 0.25) is 5.91 Å². The van der Waals surface area contributed by atoms with E-state index in [2.05, 4.69) is 0 Å². The fourth-order valence-corrected chi connectivity index (χ4v) is 3.32. The van der Waals surface area contributed by atoms with Gasteiger partial charge in [-0.1, -0.05) is 11.6 Å². The molecule has 2 aliphatic rings. The molecule has 23 heavy (non-hydrogen) atoms. The van der Waals surface area contributed by atoms with Crippen molar-refractivity contribution in [2.75, 3.05) is 19.8 Å². The number of hydrogen-bond donors (Lipinski definition) is 1. The van der Waals surface area contributed by atoms with Crippen LogP contribution in [-0.2, 0) is 16.0 Å². The van der Waals surface area contributed by atoms with E-state index in [1.54, 1.807) is 12.1 Å². The first-order valence-electron chi connectivity index (χ1n) is 7.66. The number of ether oxygens (including phenoxy) is 2. The van der Waals surface area contributed by atoms with Gasteiger partial charge in [-0.3, -0.25) is 4.79 Å². The highest BCUT2D eigenvalue weighted by Crippen LogP contribution is 2.38. The Kier molecular flexibility index (Phi) is 4.61. The Morgan fingerprint density at radius 3 is 2.83 bits per heavy atom. The number of nitrogens with zero attached hydrogens (tertiary/aromatic N) is 1. The summed E-state index contributed by atoms with van der Waals surface area (Å²) in [6.07, 6.45) is 2.26. The van der Waals surface area contributed by atoms with Gasteiger partial charge in [-0.05, 0) is 37.0 Å². The van der Waals surface area contributed by atoms with Crippen LogP contribution in [-0.4, -0.2) is 47.7 Å². The zero-order valence-electron chi connectivity index (χ0n) is 12.6. The molecule has 7 heteroatoms. The molecule has 1 saturated heterocycles. The quantitative estimate of drug-likeness (QED) is 0.912. The molecular formula is C16H18ClNO5. The number of hydrogen-bond acceptors (Lipinski definition) is 4. The Balaban J connectivity index is 1.77. The van der Waals surface area contributed by atoms with Gasteiger partial charge in [0.15, 0.2) is 11.5 Å². The van der Waals surface area contributed by atoms with Crippen LogP contribution in [0.25, 0.3) is 0 Å². The van der Waals surface area contributed by atoms with E-state index in [4.69, 9.17) is 21.1 Å². The predicted molar refractivity (Wildman–Crippen MR) is 83.1 cm³/mol. The summed E-state index contributed by atoms with van der Waals surface area (Å²) in [7, 11) is 0. The molecule has 0 radical (unpaired) electrons. The third-order valence-electron chi connectivity index (χ3n) is 4.12. The molecule has 2 aliphatic heterocycles. The number of aliphatic carboxylic acids is 1. The molecule has 6 nitrogen and oxygen atoms in total. The summed E-state index contributed by atoms with van der Waals surface area (Å²) in [6.45, 7) is 1.36. The van der Waals surface area contributed by atoms with Crippen molar-refractivity contribution in [3.63, 3.8) is 0 Å². The van der Waals surface area contributed by atoms with Gasteiger partial charge in [0.1, 0.15) is 19.3 Å². The van der Waals surface area contributed by atoms with E-state index in [-0.39, 0.29) is 12.3 Å². The Morgan fingerprint density at radius 2 is 2.04 bits per heavy atom. The average molecular weight is 340 g/mol. The van der Waals surface area contributed by atoms with Gasteiger partial charge in [0.05, 0.1) is 11.4 Å². The fraction of sp³-hybridized carbons (Fsp3) is 0.500. The molecule has 1 unspecified atom stereocenters. The lowest BCUT2D eigenvalue weighted by Gasteiger charge is -2.33. The van der Waals surface area contributed by atoms with E-state index in [0.29, 0.717) is 48.3 Å². The van der Waals surface area contributed by atoms with Crippen LogP contribution in [0.3, 0.4) is 0 Å². The lowest BCUT2D eigenvalue weighted by molar-refractivity contribution is -0.151. The van der Waals surface area contributed by atoms with Gasteiger partial charge >= 0.3 is 5.97 Å². The minimum absolute atomic E-state index is 0.0974. The summed E-state index contributed by atoms with van der Waals surface area (Å²) < 4.78 is 11.0. The Hall–Kier alpha value is -1.95. The largest absolute Gasteiger partial charge is 0.486 e. The highest BCUT2D eigenvalue weighted by atomic mass is 35.5. The molecule has 1 amide bonds. The number of likely N-dealkylation sites (tertiary alicyclic amines) is 1. The number of carboxylic acid groups (broad SMARTS) is 1. The summed E-state index contributed by atoms with van der Waals surface area (Å²) in [6, 6.07) is 2.67. The number of halogens is 1. The van der Waals surface area contributed by atoms with Crippen LogP contribution in [0.5, 0.6) is 11.5 Å². The monoisotopic (exact) mass is 339 g/mol. The molecule has 2 heterocycles. The van der Waals surface area contributed by atoms with Crippen LogP contribution in [0.1, 0.15) is 24.8 Å². The van der Waals surface area contributed by atoms with Crippen molar-refractivity contribution < 1.29 is 24.2 Å².